The summed E-state index contributed by atoms with van der Waals surface area (Å²) < 4.78 is 50.0. The van der Waals surface area contributed by atoms with Crippen LogP contribution in [-0.4, -0.2) is 25.0 Å². The van der Waals surface area contributed by atoms with Crippen molar-refractivity contribution < 1.29 is 32.2 Å². The van der Waals surface area contributed by atoms with E-state index >= 15 is 0 Å². The third kappa shape index (κ3) is 7.61. The number of halogens is 3. The summed E-state index contributed by atoms with van der Waals surface area (Å²) in [7, 11) is 0. The zero-order chi connectivity index (χ0) is 27.7. The Morgan fingerprint density at radius 1 is 0.974 bits per heavy atom. The minimum Gasteiger partial charge on any atom is -0.490 e. The molecule has 0 unspecified atom stereocenters. The van der Waals surface area contributed by atoms with Gasteiger partial charge in [0, 0.05) is 11.4 Å². The molecule has 0 aliphatic carbocycles. The lowest BCUT2D eigenvalue weighted by atomic mass is 10.1. The summed E-state index contributed by atoms with van der Waals surface area (Å²) in [5.74, 6) is -0.696. The van der Waals surface area contributed by atoms with Crippen molar-refractivity contribution in [2.45, 2.75) is 20.0 Å². The van der Waals surface area contributed by atoms with Crippen molar-refractivity contribution in [2.24, 2.45) is 0 Å². The number of nitrogens with one attached hydrogen (secondary N) is 2. The first-order valence-corrected chi connectivity index (χ1v) is 11.5. The monoisotopic (exact) mass is 523 g/mol. The van der Waals surface area contributed by atoms with Gasteiger partial charge in [0.05, 0.1) is 12.2 Å². The van der Waals surface area contributed by atoms with E-state index in [2.05, 4.69) is 10.6 Å². The first-order chi connectivity index (χ1) is 18.1. The molecule has 0 aromatic heterocycles. The molecule has 3 rings (SSSR count). The normalized spacial score (nSPS) is 11.3. The van der Waals surface area contributed by atoms with Crippen LogP contribution in [0.4, 0.5) is 24.5 Å². The minimum absolute atomic E-state index is 0.103. The molecule has 0 heterocycles. The molecule has 3 aromatic rings. The minimum atomic E-state index is -4.57. The lowest BCUT2D eigenvalue weighted by Crippen LogP contribution is -2.20. The first kappa shape index (κ1) is 27.8. The second-order valence-corrected chi connectivity index (χ2v) is 7.99. The molecule has 3 aromatic carbocycles. The van der Waals surface area contributed by atoms with Gasteiger partial charge in [0.15, 0.2) is 18.1 Å². The zero-order valence-electron chi connectivity index (χ0n) is 20.6. The summed E-state index contributed by atoms with van der Waals surface area (Å²) in [6, 6.07) is 17.7. The van der Waals surface area contributed by atoms with Crippen molar-refractivity contribution in [3.8, 4) is 17.6 Å². The van der Waals surface area contributed by atoms with Crippen LogP contribution in [0, 0.1) is 18.3 Å². The van der Waals surface area contributed by atoms with Crippen LogP contribution >= 0.6 is 0 Å². The van der Waals surface area contributed by atoms with Gasteiger partial charge in [0.25, 0.3) is 11.8 Å². The molecular formula is C28H24F3N3O4. The van der Waals surface area contributed by atoms with Crippen LogP contribution in [0.1, 0.15) is 23.6 Å². The Hall–Kier alpha value is -4.78. The number of anilines is 2. The third-order valence-corrected chi connectivity index (χ3v) is 5.17. The van der Waals surface area contributed by atoms with Gasteiger partial charge in [0.1, 0.15) is 11.6 Å². The number of para-hydroxylation sites is 1. The van der Waals surface area contributed by atoms with Crippen LogP contribution < -0.4 is 20.1 Å². The molecule has 0 aliphatic rings. The maximum Gasteiger partial charge on any atom is 0.416 e. The molecule has 2 N–H and O–H groups in total. The van der Waals surface area contributed by atoms with E-state index in [0.717, 1.165) is 23.8 Å². The molecule has 2 amide bonds. The topological polar surface area (TPSA) is 100 Å². The van der Waals surface area contributed by atoms with Gasteiger partial charge in [-0.15, -0.1) is 0 Å². The average molecular weight is 524 g/mol. The summed E-state index contributed by atoms with van der Waals surface area (Å²) in [5, 5.41) is 14.5. The van der Waals surface area contributed by atoms with Crippen molar-refractivity contribution in [1.29, 1.82) is 5.26 Å². The van der Waals surface area contributed by atoms with E-state index in [1.54, 1.807) is 31.2 Å². The Labute approximate surface area is 217 Å². The first-order valence-electron chi connectivity index (χ1n) is 11.5. The highest BCUT2D eigenvalue weighted by molar-refractivity contribution is 6.09. The number of hydrogen-bond acceptors (Lipinski definition) is 5. The molecule has 0 saturated heterocycles. The van der Waals surface area contributed by atoms with Crippen molar-refractivity contribution in [3.05, 3.63) is 89.0 Å². The van der Waals surface area contributed by atoms with Gasteiger partial charge in [-0.1, -0.05) is 30.3 Å². The maximum absolute atomic E-state index is 12.9. The molecule has 7 nitrogen and oxygen atoms in total. The quantitative estimate of drug-likeness (QED) is 0.266. The molecular weight excluding hydrogens is 499 g/mol. The van der Waals surface area contributed by atoms with Gasteiger partial charge >= 0.3 is 6.18 Å². The van der Waals surface area contributed by atoms with Crippen molar-refractivity contribution in [2.75, 3.05) is 23.8 Å². The highest BCUT2D eigenvalue weighted by atomic mass is 19.4. The number of nitriles is 1. The molecule has 0 saturated carbocycles. The van der Waals surface area contributed by atoms with E-state index < -0.39 is 17.6 Å². The van der Waals surface area contributed by atoms with Crippen LogP contribution in [-0.2, 0) is 15.8 Å². The summed E-state index contributed by atoms with van der Waals surface area (Å²) in [4.78, 5) is 24.9. The van der Waals surface area contributed by atoms with Gasteiger partial charge < -0.3 is 20.1 Å². The summed E-state index contributed by atoms with van der Waals surface area (Å²) in [6.45, 7) is 3.61. The Kier molecular flexibility index (Phi) is 9.11. The summed E-state index contributed by atoms with van der Waals surface area (Å²) in [6.07, 6.45) is -3.31. The smallest absolute Gasteiger partial charge is 0.416 e. The van der Waals surface area contributed by atoms with Gasteiger partial charge in [-0.05, 0) is 67.4 Å². The third-order valence-electron chi connectivity index (χ3n) is 5.17. The van der Waals surface area contributed by atoms with Gasteiger partial charge in [-0.3, -0.25) is 9.59 Å². The number of ether oxygens (including phenoxy) is 2. The Morgan fingerprint density at radius 2 is 1.74 bits per heavy atom. The SMILES string of the molecule is CCOc1cc(/C=C(\C#N)C(=O)Nc2cccc(C(F)(F)F)c2)ccc1OCC(=O)Nc1ccccc1C. The van der Waals surface area contributed by atoms with E-state index in [4.69, 9.17) is 9.47 Å². The molecule has 0 bridgehead atoms. The number of carbonyl (C=O) groups excluding carboxylic acids is 2. The second kappa shape index (κ2) is 12.5. The molecule has 10 heteroatoms. The lowest BCUT2D eigenvalue weighted by molar-refractivity contribution is -0.137. The number of hydrogen-bond donors (Lipinski definition) is 2. The van der Waals surface area contributed by atoms with Gasteiger partial charge in [0.2, 0.25) is 0 Å². The molecule has 0 spiro atoms. The van der Waals surface area contributed by atoms with Crippen molar-refractivity contribution >= 4 is 29.3 Å². The molecule has 0 radical (unpaired) electrons. The average Bonchev–Trinajstić information content (AvgIpc) is 2.88. The fourth-order valence-electron chi connectivity index (χ4n) is 3.33. The van der Waals surface area contributed by atoms with Crippen molar-refractivity contribution in [1.82, 2.24) is 0 Å². The molecule has 0 aliphatic heterocycles. The number of rotatable bonds is 9. The van der Waals surface area contributed by atoms with Crippen LogP contribution in [0.5, 0.6) is 11.5 Å². The summed E-state index contributed by atoms with van der Waals surface area (Å²) >= 11 is 0. The van der Waals surface area contributed by atoms with E-state index in [1.165, 1.54) is 24.3 Å². The predicted molar refractivity (Wildman–Crippen MR) is 137 cm³/mol. The number of alkyl halides is 3. The van der Waals surface area contributed by atoms with Crippen molar-refractivity contribution in [3.63, 3.8) is 0 Å². The molecule has 0 fully saturated rings. The fraction of sp³-hybridized carbons (Fsp3) is 0.179. The van der Waals surface area contributed by atoms with Crippen LogP contribution in [0.2, 0.25) is 0 Å². The lowest BCUT2D eigenvalue weighted by Gasteiger charge is -2.13. The van der Waals surface area contributed by atoms with Gasteiger partial charge in [-0.25, -0.2) is 0 Å². The highest BCUT2D eigenvalue weighted by Crippen LogP contribution is 2.31. The number of benzene rings is 3. The second-order valence-electron chi connectivity index (χ2n) is 7.99. The number of carbonyl (C=O) groups is 2. The predicted octanol–water partition coefficient (Wildman–Crippen LogP) is 5.98. The Balaban J connectivity index is 1.73. The van der Waals surface area contributed by atoms with E-state index in [1.807, 2.05) is 19.1 Å². The number of aryl methyl sites for hydroxylation is 1. The molecule has 196 valence electrons. The number of nitrogens with zero attached hydrogens (tertiary/aromatic N) is 1. The van der Waals surface area contributed by atoms with Crippen LogP contribution in [0.15, 0.2) is 72.3 Å². The number of amides is 2. The van der Waals surface area contributed by atoms with Gasteiger partial charge in [-0.2, -0.15) is 18.4 Å². The van der Waals surface area contributed by atoms with Crippen LogP contribution in [0.3, 0.4) is 0 Å². The zero-order valence-corrected chi connectivity index (χ0v) is 20.6. The van der Waals surface area contributed by atoms with E-state index in [9.17, 15) is 28.0 Å². The standard InChI is InChI=1S/C28H24F3N3O4/c1-3-37-25-14-19(11-12-24(25)38-17-26(35)34-23-10-5-4-7-18(23)2)13-20(16-32)27(36)33-22-9-6-8-21(15-22)28(29,30)31/h4-15H,3,17H2,1-2H3,(H,33,36)(H,34,35)/b20-13+. The van der Waals surface area contributed by atoms with E-state index in [-0.39, 0.29) is 41.9 Å². The molecule has 38 heavy (non-hydrogen) atoms. The maximum atomic E-state index is 12.9. The fourth-order valence-corrected chi connectivity index (χ4v) is 3.33. The Bertz CT molecular complexity index is 1390. The van der Waals surface area contributed by atoms with Crippen LogP contribution in [0.25, 0.3) is 6.08 Å². The molecule has 0 atom stereocenters. The summed E-state index contributed by atoms with van der Waals surface area (Å²) in [5.41, 5.74) is 0.601. The Morgan fingerprint density at radius 3 is 2.42 bits per heavy atom. The highest BCUT2D eigenvalue weighted by Gasteiger charge is 2.30. The van der Waals surface area contributed by atoms with E-state index in [0.29, 0.717) is 11.3 Å². The largest absolute Gasteiger partial charge is 0.490 e.